The summed E-state index contributed by atoms with van der Waals surface area (Å²) in [6.45, 7) is 2.02. The van der Waals surface area contributed by atoms with Crippen LogP contribution in [0.1, 0.15) is 35.1 Å². The third kappa shape index (κ3) is 2.15. The molecule has 3 aromatic rings. The quantitative estimate of drug-likeness (QED) is 0.322. The second kappa shape index (κ2) is 6.26. The molecule has 1 fully saturated rings. The Morgan fingerprint density at radius 2 is 1.53 bits per heavy atom. The maximum Gasteiger partial charge on any atom is 0.294 e. The van der Waals surface area contributed by atoms with Gasteiger partial charge in [0, 0.05) is 22.4 Å². The number of rotatable bonds is 2. The Balaban J connectivity index is 1.61. The van der Waals surface area contributed by atoms with Gasteiger partial charge in [0.25, 0.3) is 5.69 Å². The molecule has 7 heteroatoms. The van der Waals surface area contributed by atoms with Gasteiger partial charge in [0.05, 0.1) is 16.8 Å². The van der Waals surface area contributed by atoms with Gasteiger partial charge in [-0.2, -0.15) is 0 Å². The lowest BCUT2D eigenvalue weighted by Gasteiger charge is -2.52. The summed E-state index contributed by atoms with van der Waals surface area (Å²) in [4.78, 5) is 39.8. The van der Waals surface area contributed by atoms with E-state index in [0.29, 0.717) is 0 Å². The van der Waals surface area contributed by atoms with Crippen molar-refractivity contribution >= 4 is 34.8 Å². The molecule has 4 aliphatic rings. The molecule has 2 bridgehead atoms. The molecule has 2 atom stereocenters. The summed E-state index contributed by atoms with van der Waals surface area (Å²) in [5, 5.41) is 11.9. The van der Waals surface area contributed by atoms with Gasteiger partial charge >= 0.3 is 0 Å². The summed E-state index contributed by atoms with van der Waals surface area (Å²) in [7, 11) is 0. The maximum absolute atomic E-state index is 13.9. The standard InChI is InChI=1S/C25H17ClN2O4/c1-25-16-8-4-2-6-14(16)20(15-7-3-5-9-17(15)25)21-22(25)24(30)27(23(21)29)18-11-10-13(26)12-19(18)28(31)32/h2-12,20-22H,1H3. The van der Waals surface area contributed by atoms with Crippen molar-refractivity contribution in [2.75, 3.05) is 4.90 Å². The zero-order valence-electron chi connectivity index (χ0n) is 17.0. The van der Waals surface area contributed by atoms with E-state index in [2.05, 4.69) is 0 Å². The highest BCUT2D eigenvalue weighted by Crippen LogP contribution is 2.64. The van der Waals surface area contributed by atoms with Crippen LogP contribution in [0.4, 0.5) is 11.4 Å². The Labute approximate surface area is 188 Å². The van der Waals surface area contributed by atoms with Crippen molar-refractivity contribution in [3.05, 3.63) is 104 Å². The normalized spacial score (nSPS) is 27.2. The van der Waals surface area contributed by atoms with Crippen LogP contribution in [0.5, 0.6) is 0 Å². The van der Waals surface area contributed by atoms with E-state index < -0.39 is 34.0 Å². The van der Waals surface area contributed by atoms with Crippen molar-refractivity contribution in [3.63, 3.8) is 0 Å². The van der Waals surface area contributed by atoms with Gasteiger partial charge in [0.2, 0.25) is 11.8 Å². The van der Waals surface area contributed by atoms with E-state index in [9.17, 15) is 19.7 Å². The summed E-state index contributed by atoms with van der Waals surface area (Å²) in [5.74, 6) is -2.33. The van der Waals surface area contributed by atoms with Crippen LogP contribution in [0.25, 0.3) is 0 Å². The fourth-order valence-corrected chi connectivity index (χ4v) is 6.39. The van der Waals surface area contributed by atoms with Crippen molar-refractivity contribution in [1.82, 2.24) is 0 Å². The number of amides is 2. The van der Waals surface area contributed by atoms with E-state index in [1.165, 1.54) is 18.2 Å². The van der Waals surface area contributed by atoms with Crippen LogP contribution in [0.3, 0.4) is 0 Å². The average molecular weight is 445 g/mol. The summed E-state index contributed by atoms with van der Waals surface area (Å²) < 4.78 is 0. The molecule has 1 heterocycles. The highest BCUT2D eigenvalue weighted by atomic mass is 35.5. The molecule has 3 aromatic carbocycles. The highest BCUT2D eigenvalue weighted by Gasteiger charge is 2.66. The molecule has 7 rings (SSSR count). The lowest BCUT2D eigenvalue weighted by molar-refractivity contribution is -0.384. The zero-order chi connectivity index (χ0) is 22.4. The Kier molecular flexibility index (Phi) is 3.76. The monoisotopic (exact) mass is 444 g/mol. The first-order valence-corrected chi connectivity index (χ1v) is 10.7. The van der Waals surface area contributed by atoms with E-state index >= 15 is 0 Å². The number of hydrogen-bond donors (Lipinski definition) is 0. The minimum absolute atomic E-state index is 0.0279. The van der Waals surface area contributed by atoms with Crippen LogP contribution in [-0.2, 0) is 15.0 Å². The Bertz CT molecular complexity index is 1320. The largest absolute Gasteiger partial charge is 0.294 e. The van der Waals surface area contributed by atoms with Crippen LogP contribution < -0.4 is 4.90 Å². The summed E-state index contributed by atoms with van der Waals surface area (Å²) >= 11 is 5.97. The van der Waals surface area contributed by atoms with Crippen LogP contribution in [0.2, 0.25) is 5.02 Å². The van der Waals surface area contributed by atoms with E-state index in [1.54, 1.807) is 0 Å². The predicted octanol–water partition coefficient (Wildman–Crippen LogP) is 4.82. The predicted molar refractivity (Wildman–Crippen MR) is 119 cm³/mol. The Morgan fingerprint density at radius 3 is 2.12 bits per heavy atom. The van der Waals surface area contributed by atoms with Gasteiger partial charge in [0.15, 0.2) is 0 Å². The van der Waals surface area contributed by atoms with Crippen molar-refractivity contribution in [1.29, 1.82) is 0 Å². The van der Waals surface area contributed by atoms with E-state index in [0.717, 1.165) is 27.2 Å². The fourth-order valence-electron chi connectivity index (χ4n) is 6.22. The number of nitro benzene ring substituents is 1. The molecule has 3 aliphatic carbocycles. The lowest BCUT2D eigenvalue weighted by Crippen LogP contribution is -2.51. The molecule has 6 nitrogen and oxygen atoms in total. The summed E-state index contributed by atoms with van der Waals surface area (Å²) in [6.07, 6.45) is 0. The Hall–Kier alpha value is -3.51. The number of carbonyl (C=O) groups is 2. The number of imide groups is 1. The molecule has 0 N–H and O–H groups in total. The van der Waals surface area contributed by atoms with Crippen LogP contribution in [0, 0.1) is 22.0 Å². The van der Waals surface area contributed by atoms with Gasteiger partial charge < -0.3 is 0 Å². The molecule has 1 saturated heterocycles. The highest BCUT2D eigenvalue weighted by molar-refractivity contribution is 6.31. The van der Waals surface area contributed by atoms with Crippen molar-refractivity contribution in [2.45, 2.75) is 18.3 Å². The van der Waals surface area contributed by atoms with E-state index in [4.69, 9.17) is 11.6 Å². The second-order valence-electron chi connectivity index (χ2n) is 8.76. The summed E-state index contributed by atoms with van der Waals surface area (Å²) in [5.41, 5.74) is 3.07. The molecule has 0 aromatic heterocycles. The van der Waals surface area contributed by atoms with Crippen LogP contribution >= 0.6 is 11.6 Å². The van der Waals surface area contributed by atoms with Crippen LogP contribution in [0.15, 0.2) is 66.7 Å². The van der Waals surface area contributed by atoms with Crippen LogP contribution in [-0.4, -0.2) is 16.7 Å². The smallest absolute Gasteiger partial charge is 0.274 e. The number of hydrogen-bond acceptors (Lipinski definition) is 4. The third-order valence-corrected chi connectivity index (χ3v) is 7.65. The number of nitrogens with zero attached hydrogens (tertiary/aromatic N) is 2. The first-order valence-electron chi connectivity index (χ1n) is 10.4. The molecule has 1 aliphatic heterocycles. The van der Waals surface area contributed by atoms with E-state index in [-0.39, 0.29) is 22.3 Å². The first-order chi connectivity index (χ1) is 15.4. The number of benzene rings is 3. The maximum atomic E-state index is 13.9. The van der Waals surface area contributed by atoms with Gasteiger partial charge in [-0.05, 0) is 34.4 Å². The van der Waals surface area contributed by atoms with E-state index in [1.807, 2.05) is 55.5 Å². The van der Waals surface area contributed by atoms with Gasteiger partial charge in [-0.1, -0.05) is 67.1 Å². The molecule has 0 saturated carbocycles. The van der Waals surface area contributed by atoms with Gasteiger partial charge in [-0.3, -0.25) is 19.7 Å². The molecular weight excluding hydrogens is 428 g/mol. The molecule has 158 valence electrons. The van der Waals surface area contributed by atoms with Gasteiger partial charge in [0.1, 0.15) is 5.69 Å². The number of halogens is 1. The fraction of sp³-hybridized carbons (Fsp3) is 0.200. The van der Waals surface area contributed by atoms with Crippen molar-refractivity contribution in [2.24, 2.45) is 11.8 Å². The van der Waals surface area contributed by atoms with Gasteiger partial charge in [-0.15, -0.1) is 0 Å². The zero-order valence-corrected chi connectivity index (χ0v) is 17.7. The Morgan fingerprint density at radius 1 is 0.938 bits per heavy atom. The third-order valence-electron chi connectivity index (χ3n) is 7.42. The molecule has 2 amide bonds. The SMILES string of the molecule is CC12c3ccccc3C(c3ccccc31)C1C(=O)N(c3ccc(Cl)cc3[N+](=O)[O-])C(=O)C12. The molecule has 0 radical (unpaired) electrons. The number of carbonyl (C=O) groups excluding carboxylic acids is 2. The summed E-state index contributed by atoms with van der Waals surface area (Å²) in [6, 6.07) is 19.9. The van der Waals surface area contributed by atoms with Crippen molar-refractivity contribution < 1.29 is 14.5 Å². The average Bonchev–Trinajstić information content (AvgIpc) is 3.06. The lowest BCUT2D eigenvalue weighted by atomic mass is 9.48. The minimum Gasteiger partial charge on any atom is -0.274 e. The molecule has 32 heavy (non-hydrogen) atoms. The molecule has 0 spiro atoms. The number of anilines is 1. The number of nitro groups is 1. The molecular formula is C25H17ClN2O4. The topological polar surface area (TPSA) is 80.5 Å². The van der Waals surface area contributed by atoms with Crippen molar-refractivity contribution in [3.8, 4) is 0 Å². The minimum atomic E-state index is -0.713. The molecule has 2 unspecified atom stereocenters. The van der Waals surface area contributed by atoms with Gasteiger partial charge in [-0.25, -0.2) is 4.90 Å². The first kappa shape index (κ1) is 19.2. The second-order valence-corrected chi connectivity index (χ2v) is 9.20.